The van der Waals surface area contributed by atoms with Gasteiger partial charge in [-0.05, 0) is 18.7 Å². The predicted molar refractivity (Wildman–Crippen MR) is 72.6 cm³/mol. The van der Waals surface area contributed by atoms with Gasteiger partial charge in [0.05, 0.1) is 5.02 Å². The number of aromatic nitrogens is 2. The van der Waals surface area contributed by atoms with Crippen LogP contribution in [0.15, 0.2) is 18.2 Å². The van der Waals surface area contributed by atoms with Gasteiger partial charge >= 0.3 is 0 Å². The van der Waals surface area contributed by atoms with E-state index in [1.54, 1.807) is 6.07 Å². The lowest BCUT2D eigenvalue weighted by Gasteiger charge is -1.97. The Hall–Kier alpha value is -1.04. The van der Waals surface area contributed by atoms with Crippen molar-refractivity contribution in [3.8, 4) is 10.6 Å². The van der Waals surface area contributed by atoms with E-state index in [0.717, 1.165) is 29.5 Å². The highest BCUT2D eigenvalue weighted by molar-refractivity contribution is 7.14. The van der Waals surface area contributed by atoms with Crippen molar-refractivity contribution in [2.24, 2.45) is 0 Å². The van der Waals surface area contributed by atoms with E-state index in [1.807, 2.05) is 0 Å². The number of likely N-dealkylation sites (N-methyl/N-ethyl adjacent to an activating group) is 1. The molecule has 1 heterocycles. The third-order valence-electron chi connectivity index (χ3n) is 2.40. The highest BCUT2D eigenvalue weighted by Gasteiger charge is 2.08. The Morgan fingerprint density at radius 2 is 2.22 bits per heavy atom. The summed E-state index contributed by atoms with van der Waals surface area (Å²) in [5.41, 5.74) is 0.712. The normalized spacial score (nSPS) is 10.8. The lowest BCUT2D eigenvalue weighted by Crippen LogP contribution is -2.15. The van der Waals surface area contributed by atoms with Crippen molar-refractivity contribution in [1.29, 1.82) is 0 Å². The summed E-state index contributed by atoms with van der Waals surface area (Å²) in [7, 11) is 0. The van der Waals surface area contributed by atoms with Crippen LogP contribution in [0.2, 0.25) is 5.02 Å². The summed E-state index contributed by atoms with van der Waals surface area (Å²) in [6.45, 7) is 3.87. The van der Waals surface area contributed by atoms with Crippen LogP contribution in [0.5, 0.6) is 0 Å². The van der Waals surface area contributed by atoms with Gasteiger partial charge in [0.1, 0.15) is 15.8 Å². The van der Waals surface area contributed by atoms with E-state index in [-0.39, 0.29) is 5.02 Å². The van der Waals surface area contributed by atoms with Gasteiger partial charge < -0.3 is 5.32 Å². The van der Waals surface area contributed by atoms with E-state index in [1.165, 1.54) is 23.5 Å². The summed E-state index contributed by atoms with van der Waals surface area (Å²) in [5.74, 6) is -0.432. The monoisotopic (exact) mass is 285 g/mol. The van der Waals surface area contributed by atoms with Crippen LogP contribution in [0.4, 0.5) is 4.39 Å². The molecule has 0 aliphatic carbocycles. The zero-order valence-corrected chi connectivity index (χ0v) is 11.5. The van der Waals surface area contributed by atoms with E-state index in [9.17, 15) is 4.39 Å². The lowest BCUT2D eigenvalue weighted by molar-refractivity contribution is 0.629. The second-order valence-electron chi connectivity index (χ2n) is 3.73. The van der Waals surface area contributed by atoms with E-state index in [2.05, 4.69) is 22.4 Å². The van der Waals surface area contributed by atoms with Crippen LogP contribution in [0.25, 0.3) is 10.6 Å². The minimum atomic E-state index is -0.432. The number of nitrogens with zero attached hydrogens (tertiary/aromatic N) is 2. The minimum Gasteiger partial charge on any atom is -0.317 e. The molecule has 96 valence electrons. The van der Waals surface area contributed by atoms with E-state index < -0.39 is 5.82 Å². The third-order valence-corrected chi connectivity index (χ3v) is 3.74. The largest absolute Gasteiger partial charge is 0.317 e. The Kier molecular flexibility index (Phi) is 4.63. The van der Waals surface area contributed by atoms with Crippen molar-refractivity contribution in [2.45, 2.75) is 13.3 Å². The molecule has 6 heteroatoms. The van der Waals surface area contributed by atoms with Crippen LogP contribution in [0, 0.1) is 5.82 Å². The smallest absolute Gasteiger partial charge is 0.147 e. The molecule has 0 saturated carbocycles. The molecule has 3 nitrogen and oxygen atoms in total. The predicted octanol–water partition coefficient (Wildman–Crippen LogP) is 3.15. The van der Waals surface area contributed by atoms with Crippen molar-refractivity contribution in [3.05, 3.63) is 34.0 Å². The molecule has 1 N–H and O–H groups in total. The quantitative estimate of drug-likeness (QED) is 0.858. The maximum absolute atomic E-state index is 13.3. The van der Waals surface area contributed by atoms with Gasteiger partial charge in [-0.3, -0.25) is 0 Å². The second kappa shape index (κ2) is 6.22. The summed E-state index contributed by atoms with van der Waals surface area (Å²) in [6, 6.07) is 4.67. The number of rotatable bonds is 5. The van der Waals surface area contributed by atoms with Crippen molar-refractivity contribution < 1.29 is 4.39 Å². The molecule has 0 atom stereocenters. The maximum Gasteiger partial charge on any atom is 0.147 e. The van der Waals surface area contributed by atoms with Crippen LogP contribution < -0.4 is 5.32 Å². The topological polar surface area (TPSA) is 37.8 Å². The lowest BCUT2D eigenvalue weighted by atomic mass is 10.2. The highest BCUT2D eigenvalue weighted by atomic mass is 35.5. The van der Waals surface area contributed by atoms with Gasteiger partial charge in [0, 0.05) is 18.5 Å². The standard InChI is InChI=1S/C12H13ClFN3S/c1-2-15-6-5-11-16-17-12(18-11)8-3-4-9(13)10(14)7-8/h3-4,7,15H,2,5-6H2,1H3. The first-order valence-corrected chi connectivity index (χ1v) is 6.88. The summed E-state index contributed by atoms with van der Waals surface area (Å²) >= 11 is 7.12. The fourth-order valence-corrected chi connectivity index (χ4v) is 2.43. The zero-order valence-electron chi connectivity index (χ0n) is 9.91. The number of hydrogen-bond acceptors (Lipinski definition) is 4. The van der Waals surface area contributed by atoms with Gasteiger partial charge in [-0.25, -0.2) is 4.39 Å². The van der Waals surface area contributed by atoms with Crippen LogP contribution >= 0.6 is 22.9 Å². The molecule has 2 aromatic rings. The Balaban J connectivity index is 2.11. The molecule has 0 aliphatic heterocycles. The van der Waals surface area contributed by atoms with E-state index in [0.29, 0.717) is 5.56 Å². The summed E-state index contributed by atoms with van der Waals surface area (Å²) in [6.07, 6.45) is 0.835. The average Bonchev–Trinajstić information content (AvgIpc) is 2.82. The summed E-state index contributed by atoms with van der Waals surface area (Å²) in [4.78, 5) is 0. The Bertz CT molecular complexity index is 530. The maximum atomic E-state index is 13.3. The van der Waals surface area contributed by atoms with Gasteiger partial charge in [-0.1, -0.05) is 35.9 Å². The Morgan fingerprint density at radius 1 is 1.39 bits per heavy atom. The number of halogens is 2. The van der Waals surface area contributed by atoms with Gasteiger partial charge in [0.15, 0.2) is 0 Å². The minimum absolute atomic E-state index is 0.121. The molecular formula is C12H13ClFN3S. The first-order chi connectivity index (χ1) is 8.70. The van der Waals surface area contributed by atoms with Crippen molar-refractivity contribution in [3.63, 3.8) is 0 Å². The fraction of sp³-hybridized carbons (Fsp3) is 0.333. The van der Waals surface area contributed by atoms with Gasteiger partial charge in [-0.15, -0.1) is 10.2 Å². The molecule has 1 aromatic carbocycles. The zero-order chi connectivity index (χ0) is 13.0. The molecule has 18 heavy (non-hydrogen) atoms. The second-order valence-corrected chi connectivity index (χ2v) is 5.20. The Morgan fingerprint density at radius 3 is 2.94 bits per heavy atom. The molecule has 0 radical (unpaired) electrons. The van der Waals surface area contributed by atoms with Gasteiger partial charge in [0.25, 0.3) is 0 Å². The molecule has 1 aromatic heterocycles. The average molecular weight is 286 g/mol. The van der Waals surface area contributed by atoms with Crippen molar-refractivity contribution in [1.82, 2.24) is 15.5 Å². The van der Waals surface area contributed by atoms with Gasteiger partial charge in [0.2, 0.25) is 0 Å². The third kappa shape index (κ3) is 3.25. The van der Waals surface area contributed by atoms with E-state index in [4.69, 9.17) is 11.6 Å². The van der Waals surface area contributed by atoms with E-state index >= 15 is 0 Å². The van der Waals surface area contributed by atoms with Crippen LogP contribution in [-0.2, 0) is 6.42 Å². The summed E-state index contributed by atoms with van der Waals surface area (Å²) in [5, 5.41) is 13.2. The number of hydrogen-bond donors (Lipinski definition) is 1. The molecule has 0 saturated heterocycles. The first-order valence-electron chi connectivity index (χ1n) is 5.69. The fourth-order valence-electron chi connectivity index (χ4n) is 1.47. The highest BCUT2D eigenvalue weighted by Crippen LogP contribution is 2.26. The number of benzene rings is 1. The van der Waals surface area contributed by atoms with Gasteiger partial charge in [-0.2, -0.15) is 0 Å². The molecule has 0 aliphatic rings. The first kappa shape index (κ1) is 13.4. The van der Waals surface area contributed by atoms with Crippen LogP contribution in [0.1, 0.15) is 11.9 Å². The molecule has 0 unspecified atom stereocenters. The van der Waals surface area contributed by atoms with Crippen LogP contribution in [0.3, 0.4) is 0 Å². The Labute approximate surface area is 114 Å². The van der Waals surface area contributed by atoms with Crippen molar-refractivity contribution in [2.75, 3.05) is 13.1 Å². The molecule has 0 fully saturated rings. The molecule has 0 spiro atoms. The SMILES string of the molecule is CCNCCc1nnc(-c2ccc(Cl)c(F)c2)s1. The molecule has 0 bridgehead atoms. The molecular weight excluding hydrogens is 273 g/mol. The van der Waals surface area contributed by atoms with Crippen LogP contribution in [-0.4, -0.2) is 23.3 Å². The number of nitrogens with one attached hydrogen (secondary N) is 1. The van der Waals surface area contributed by atoms with Crippen molar-refractivity contribution >= 4 is 22.9 Å². The summed E-state index contributed by atoms with van der Waals surface area (Å²) < 4.78 is 13.3. The molecule has 2 rings (SSSR count). The molecule has 0 amide bonds.